The van der Waals surface area contributed by atoms with E-state index in [1.54, 1.807) is 0 Å². The van der Waals surface area contributed by atoms with Gasteiger partial charge < -0.3 is 9.63 Å². The molecule has 0 radical (unpaired) electrons. The van der Waals surface area contributed by atoms with Crippen molar-refractivity contribution in [2.45, 2.75) is 13.3 Å². The Labute approximate surface area is 92.5 Å². The number of hydrogen-bond donors (Lipinski definition) is 1. The third kappa shape index (κ3) is 1.82. The van der Waals surface area contributed by atoms with Gasteiger partial charge in [-0.25, -0.2) is 4.79 Å². The van der Waals surface area contributed by atoms with Gasteiger partial charge in [-0.15, -0.1) is 0 Å². The zero-order valence-corrected chi connectivity index (χ0v) is 8.80. The molecule has 4 heteroatoms. The normalized spacial score (nSPS) is 10.3. The predicted molar refractivity (Wildman–Crippen MR) is 58.3 cm³/mol. The minimum Gasteiger partial charge on any atom is -0.475 e. The zero-order valence-electron chi connectivity index (χ0n) is 8.80. The lowest BCUT2D eigenvalue weighted by molar-refractivity contribution is 0.0652. The van der Waals surface area contributed by atoms with Gasteiger partial charge in [0.05, 0.1) is 0 Å². The average Bonchev–Trinajstić information content (AvgIpc) is 2.78. The Morgan fingerprint density at radius 3 is 2.81 bits per heavy atom. The average molecular weight is 217 g/mol. The molecule has 0 saturated carbocycles. The molecule has 4 nitrogen and oxygen atoms in total. The maximum Gasteiger partial charge on any atom is 0.374 e. The fourth-order valence-corrected chi connectivity index (χ4v) is 1.58. The van der Waals surface area contributed by atoms with Crippen LogP contribution in [0.1, 0.15) is 23.0 Å². The van der Waals surface area contributed by atoms with Crippen molar-refractivity contribution in [3.63, 3.8) is 0 Å². The SMILES string of the molecule is CCc1ccccc1-c1cc(C(=O)O)on1. The Kier molecular flexibility index (Phi) is 2.72. The van der Waals surface area contributed by atoms with Crippen molar-refractivity contribution in [1.29, 1.82) is 0 Å². The van der Waals surface area contributed by atoms with Crippen molar-refractivity contribution in [3.05, 3.63) is 41.7 Å². The first-order chi connectivity index (χ1) is 7.72. The molecule has 1 heterocycles. The lowest BCUT2D eigenvalue weighted by Gasteiger charge is -2.02. The standard InChI is InChI=1S/C12H11NO3/c1-2-8-5-3-4-6-9(8)10-7-11(12(14)15)16-13-10/h3-7H,2H2,1H3,(H,14,15). The van der Waals surface area contributed by atoms with Gasteiger partial charge in [0.2, 0.25) is 5.76 Å². The molecule has 1 aromatic carbocycles. The number of aryl methyl sites for hydroxylation is 1. The number of aromatic carboxylic acids is 1. The largest absolute Gasteiger partial charge is 0.475 e. The summed E-state index contributed by atoms with van der Waals surface area (Å²) in [5.74, 6) is -1.24. The van der Waals surface area contributed by atoms with Gasteiger partial charge in [0.15, 0.2) is 0 Å². The summed E-state index contributed by atoms with van der Waals surface area (Å²) in [4.78, 5) is 10.7. The monoisotopic (exact) mass is 217 g/mol. The molecule has 16 heavy (non-hydrogen) atoms. The quantitative estimate of drug-likeness (QED) is 0.858. The van der Waals surface area contributed by atoms with Crippen LogP contribution < -0.4 is 0 Å². The molecule has 0 aliphatic heterocycles. The molecule has 2 rings (SSSR count). The molecule has 2 aromatic rings. The van der Waals surface area contributed by atoms with E-state index >= 15 is 0 Å². The molecule has 1 N–H and O–H groups in total. The number of aromatic nitrogens is 1. The molecule has 82 valence electrons. The summed E-state index contributed by atoms with van der Waals surface area (Å²) < 4.78 is 4.73. The lowest BCUT2D eigenvalue weighted by atomic mass is 10.0. The van der Waals surface area contributed by atoms with E-state index in [-0.39, 0.29) is 5.76 Å². The number of nitrogens with zero attached hydrogens (tertiary/aromatic N) is 1. The molecule has 0 aliphatic carbocycles. The summed E-state index contributed by atoms with van der Waals surface area (Å²) in [6, 6.07) is 9.17. The summed E-state index contributed by atoms with van der Waals surface area (Å²) in [7, 11) is 0. The van der Waals surface area contributed by atoms with Crippen LogP contribution >= 0.6 is 0 Å². The number of hydrogen-bond acceptors (Lipinski definition) is 3. The van der Waals surface area contributed by atoms with E-state index in [0.29, 0.717) is 5.69 Å². The van der Waals surface area contributed by atoms with E-state index in [2.05, 4.69) is 5.16 Å². The maximum absolute atomic E-state index is 10.7. The van der Waals surface area contributed by atoms with Crippen LogP contribution in [0.2, 0.25) is 0 Å². The lowest BCUT2D eigenvalue weighted by Crippen LogP contribution is -1.91. The van der Waals surface area contributed by atoms with Crippen LogP contribution in [0.15, 0.2) is 34.9 Å². The van der Waals surface area contributed by atoms with E-state index in [0.717, 1.165) is 17.5 Å². The fraction of sp³-hybridized carbons (Fsp3) is 0.167. The molecule has 0 atom stereocenters. The summed E-state index contributed by atoms with van der Waals surface area (Å²) in [6.45, 7) is 2.04. The highest BCUT2D eigenvalue weighted by molar-refractivity contribution is 5.85. The van der Waals surface area contributed by atoms with Crippen LogP contribution in [0.5, 0.6) is 0 Å². The van der Waals surface area contributed by atoms with Crippen LogP contribution in [0.3, 0.4) is 0 Å². The highest BCUT2D eigenvalue weighted by Crippen LogP contribution is 2.23. The number of benzene rings is 1. The molecular formula is C12H11NO3. The number of carboxylic acids is 1. The number of carbonyl (C=O) groups is 1. The smallest absolute Gasteiger partial charge is 0.374 e. The first kappa shape index (κ1) is 10.4. The van der Waals surface area contributed by atoms with Gasteiger partial charge in [-0.3, -0.25) is 0 Å². The second kappa shape index (κ2) is 4.18. The molecule has 0 bridgehead atoms. The Balaban J connectivity index is 2.46. The maximum atomic E-state index is 10.7. The van der Waals surface area contributed by atoms with Crippen molar-refractivity contribution in [2.24, 2.45) is 0 Å². The van der Waals surface area contributed by atoms with E-state index in [9.17, 15) is 4.79 Å². The van der Waals surface area contributed by atoms with Crippen molar-refractivity contribution in [1.82, 2.24) is 5.16 Å². The van der Waals surface area contributed by atoms with Gasteiger partial charge in [0.1, 0.15) is 5.69 Å². The van der Waals surface area contributed by atoms with Crippen molar-refractivity contribution >= 4 is 5.97 Å². The van der Waals surface area contributed by atoms with Crippen LogP contribution in [-0.4, -0.2) is 16.2 Å². The van der Waals surface area contributed by atoms with Crippen LogP contribution in [0.4, 0.5) is 0 Å². The third-order valence-electron chi connectivity index (χ3n) is 2.40. The Bertz CT molecular complexity index is 516. The summed E-state index contributed by atoms with van der Waals surface area (Å²) in [5.41, 5.74) is 2.60. The van der Waals surface area contributed by atoms with Gasteiger partial charge in [0.25, 0.3) is 0 Å². The number of carboxylic acid groups (broad SMARTS) is 1. The molecule has 0 aliphatic rings. The Morgan fingerprint density at radius 2 is 2.19 bits per heavy atom. The molecular weight excluding hydrogens is 206 g/mol. The van der Waals surface area contributed by atoms with Gasteiger partial charge in [-0.2, -0.15) is 0 Å². The Morgan fingerprint density at radius 1 is 1.44 bits per heavy atom. The number of rotatable bonds is 3. The molecule has 0 amide bonds. The van der Waals surface area contributed by atoms with Crippen molar-refractivity contribution in [3.8, 4) is 11.3 Å². The minimum absolute atomic E-state index is 0.138. The van der Waals surface area contributed by atoms with Crippen molar-refractivity contribution in [2.75, 3.05) is 0 Å². The van der Waals surface area contributed by atoms with E-state index < -0.39 is 5.97 Å². The molecule has 1 aromatic heterocycles. The summed E-state index contributed by atoms with van der Waals surface area (Å²) in [5, 5.41) is 12.5. The van der Waals surface area contributed by atoms with E-state index in [1.165, 1.54) is 6.07 Å². The molecule has 0 unspecified atom stereocenters. The van der Waals surface area contributed by atoms with Crippen LogP contribution in [0.25, 0.3) is 11.3 Å². The van der Waals surface area contributed by atoms with Gasteiger partial charge in [-0.1, -0.05) is 36.3 Å². The molecule has 0 saturated heterocycles. The van der Waals surface area contributed by atoms with E-state index in [1.807, 2.05) is 31.2 Å². The van der Waals surface area contributed by atoms with Gasteiger partial charge >= 0.3 is 5.97 Å². The van der Waals surface area contributed by atoms with Gasteiger partial charge in [0, 0.05) is 11.6 Å². The Hall–Kier alpha value is -2.10. The third-order valence-corrected chi connectivity index (χ3v) is 2.40. The highest BCUT2D eigenvalue weighted by atomic mass is 16.5. The summed E-state index contributed by atoms with van der Waals surface area (Å²) in [6.07, 6.45) is 0.867. The molecule has 0 fully saturated rings. The van der Waals surface area contributed by atoms with Crippen molar-refractivity contribution < 1.29 is 14.4 Å². The van der Waals surface area contributed by atoms with Crippen LogP contribution in [-0.2, 0) is 6.42 Å². The highest BCUT2D eigenvalue weighted by Gasteiger charge is 2.13. The summed E-state index contributed by atoms with van der Waals surface area (Å²) >= 11 is 0. The molecule has 0 spiro atoms. The second-order valence-electron chi connectivity index (χ2n) is 3.39. The zero-order chi connectivity index (χ0) is 11.5. The predicted octanol–water partition coefficient (Wildman–Crippen LogP) is 2.60. The second-order valence-corrected chi connectivity index (χ2v) is 3.39. The first-order valence-electron chi connectivity index (χ1n) is 5.00. The fourth-order valence-electron chi connectivity index (χ4n) is 1.58. The van der Waals surface area contributed by atoms with Crippen LogP contribution in [0, 0.1) is 0 Å². The first-order valence-corrected chi connectivity index (χ1v) is 5.00. The minimum atomic E-state index is -1.10. The van der Waals surface area contributed by atoms with Gasteiger partial charge in [-0.05, 0) is 12.0 Å². The topological polar surface area (TPSA) is 63.3 Å². The van der Waals surface area contributed by atoms with E-state index in [4.69, 9.17) is 9.63 Å².